The molecule has 1 amide bonds. The van der Waals surface area contributed by atoms with Gasteiger partial charge in [-0.15, -0.1) is 0 Å². The van der Waals surface area contributed by atoms with Crippen LogP contribution in [0.1, 0.15) is 84.0 Å². The number of hydrogen-bond donors (Lipinski definition) is 1. The molecule has 0 spiro atoms. The van der Waals surface area contributed by atoms with Gasteiger partial charge in [0.05, 0.1) is 5.60 Å². The fourth-order valence-electron chi connectivity index (χ4n) is 7.25. The summed E-state index contributed by atoms with van der Waals surface area (Å²) in [7, 11) is 1.90. The van der Waals surface area contributed by atoms with E-state index >= 15 is 0 Å². The first-order valence-electron chi connectivity index (χ1n) is 11.5. The molecule has 0 saturated heterocycles. The van der Waals surface area contributed by atoms with Gasteiger partial charge in [-0.2, -0.15) is 0 Å². The average molecular weight is 362 g/mol. The van der Waals surface area contributed by atoms with Gasteiger partial charge in [0, 0.05) is 19.6 Å². The smallest absolute Gasteiger partial charge is 0.223 e. The Morgan fingerprint density at radius 2 is 1.62 bits per heavy atom. The summed E-state index contributed by atoms with van der Waals surface area (Å²) in [5.41, 5.74) is -0.0680. The number of methoxy groups -OCH3 is 1. The lowest BCUT2D eigenvalue weighted by atomic mass is 9.49. The zero-order chi connectivity index (χ0) is 18.1. The van der Waals surface area contributed by atoms with Crippen molar-refractivity contribution >= 4 is 5.91 Å². The molecule has 0 aromatic carbocycles. The summed E-state index contributed by atoms with van der Waals surface area (Å²) in [5, 5.41) is 3.37. The van der Waals surface area contributed by atoms with Gasteiger partial charge in [-0.05, 0) is 87.4 Å². The van der Waals surface area contributed by atoms with Gasteiger partial charge in [0.25, 0.3) is 0 Å². The van der Waals surface area contributed by atoms with E-state index in [-0.39, 0.29) is 11.5 Å². The standard InChI is InChI=1S/C23H39NO2/c1-3-4-5-16-6-8-19(9-7-16)22(25)24-15-23(26-2)20-11-17-10-18(13-20)14-21(23)12-17/h16-21H,3-15H2,1-2H3,(H,24,25). The lowest BCUT2D eigenvalue weighted by Crippen LogP contribution is -2.63. The molecule has 5 aliphatic rings. The Hall–Kier alpha value is -0.570. The molecule has 3 nitrogen and oxygen atoms in total. The van der Waals surface area contributed by atoms with Crippen molar-refractivity contribution in [2.75, 3.05) is 13.7 Å². The number of nitrogens with one attached hydrogen (secondary N) is 1. The van der Waals surface area contributed by atoms with Crippen LogP contribution in [0, 0.1) is 35.5 Å². The van der Waals surface area contributed by atoms with Crippen LogP contribution in [0.15, 0.2) is 0 Å². The molecule has 3 heteroatoms. The molecule has 148 valence electrons. The molecular weight excluding hydrogens is 322 g/mol. The largest absolute Gasteiger partial charge is 0.376 e. The van der Waals surface area contributed by atoms with Gasteiger partial charge in [-0.25, -0.2) is 0 Å². The van der Waals surface area contributed by atoms with Crippen LogP contribution >= 0.6 is 0 Å². The minimum absolute atomic E-state index is 0.0680. The van der Waals surface area contributed by atoms with E-state index in [2.05, 4.69) is 12.2 Å². The van der Waals surface area contributed by atoms with E-state index in [1.54, 1.807) is 0 Å². The zero-order valence-electron chi connectivity index (χ0n) is 17.0. The molecule has 0 radical (unpaired) electrons. The first-order valence-corrected chi connectivity index (χ1v) is 11.5. The van der Waals surface area contributed by atoms with E-state index in [9.17, 15) is 4.79 Å². The Bertz CT molecular complexity index is 466. The summed E-state index contributed by atoms with van der Waals surface area (Å²) in [6.07, 6.45) is 15.5. The van der Waals surface area contributed by atoms with Gasteiger partial charge in [0.15, 0.2) is 0 Å². The van der Waals surface area contributed by atoms with Crippen LogP contribution in [0.25, 0.3) is 0 Å². The van der Waals surface area contributed by atoms with Crippen LogP contribution in [0.2, 0.25) is 0 Å². The Morgan fingerprint density at radius 1 is 1.00 bits per heavy atom. The van der Waals surface area contributed by atoms with Crippen LogP contribution < -0.4 is 5.32 Å². The van der Waals surface area contributed by atoms with Gasteiger partial charge in [0.1, 0.15) is 0 Å². The average Bonchev–Trinajstić information content (AvgIpc) is 2.66. The molecule has 5 aliphatic carbocycles. The lowest BCUT2D eigenvalue weighted by molar-refractivity contribution is -0.188. The molecule has 0 atom stereocenters. The van der Waals surface area contributed by atoms with E-state index in [1.165, 1.54) is 64.2 Å². The molecular formula is C23H39NO2. The molecule has 5 fully saturated rings. The molecule has 0 aromatic heterocycles. The maximum absolute atomic E-state index is 12.8. The minimum atomic E-state index is -0.0680. The maximum Gasteiger partial charge on any atom is 0.223 e. The number of rotatable bonds is 7. The van der Waals surface area contributed by atoms with Crippen molar-refractivity contribution in [1.82, 2.24) is 5.32 Å². The molecule has 0 aliphatic heterocycles. The van der Waals surface area contributed by atoms with E-state index in [1.807, 2.05) is 7.11 Å². The third-order valence-corrected chi connectivity index (χ3v) is 8.62. The molecule has 0 heterocycles. The number of ether oxygens (including phenoxy) is 1. The topological polar surface area (TPSA) is 38.3 Å². The second-order valence-corrected chi connectivity index (χ2v) is 10.0. The SMILES string of the molecule is CCCCC1CCC(C(=O)NCC2(OC)C3CC4CC(C3)CC2C4)CC1. The summed E-state index contributed by atoms with van der Waals surface area (Å²) in [6.45, 7) is 3.03. The first kappa shape index (κ1) is 18.8. The highest BCUT2D eigenvalue weighted by atomic mass is 16.5. The monoisotopic (exact) mass is 361 g/mol. The zero-order valence-corrected chi connectivity index (χ0v) is 17.0. The van der Waals surface area contributed by atoms with Gasteiger partial charge in [-0.1, -0.05) is 26.2 Å². The van der Waals surface area contributed by atoms with Crippen LogP contribution in [-0.2, 0) is 9.53 Å². The van der Waals surface area contributed by atoms with Crippen LogP contribution in [-0.4, -0.2) is 25.2 Å². The van der Waals surface area contributed by atoms with E-state index < -0.39 is 0 Å². The molecule has 1 N–H and O–H groups in total. The van der Waals surface area contributed by atoms with Gasteiger partial charge >= 0.3 is 0 Å². The van der Waals surface area contributed by atoms with Crippen molar-refractivity contribution < 1.29 is 9.53 Å². The fraction of sp³-hybridized carbons (Fsp3) is 0.957. The van der Waals surface area contributed by atoms with Crippen LogP contribution in [0.5, 0.6) is 0 Å². The van der Waals surface area contributed by atoms with Gasteiger partial charge in [-0.3, -0.25) is 4.79 Å². The Balaban J connectivity index is 1.30. The summed E-state index contributed by atoms with van der Waals surface area (Å²) < 4.78 is 6.20. The number of amides is 1. The van der Waals surface area contributed by atoms with Crippen molar-refractivity contribution in [1.29, 1.82) is 0 Å². The first-order chi connectivity index (χ1) is 12.6. The van der Waals surface area contributed by atoms with E-state index in [0.29, 0.717) is 17.7 Å². The highest BCUT2D eigenvalue weighted by Gasteiger charge is 2.57. The summed E-state index contributed by atoms with van der Waals surface area (Å²) in [6, 6.07) is 0. The van der Waals surface area contributed by atoms with Crippen molar-refractivity contribution in [3.8, 4) is 0 Å². The van der Waals surface area contributed by atoms with E-state index in [0.717, 1.165) is 37.1 Å². The third kappa shape index (κ3) is 3.45. The fourth-order valence-corrected chi connectivity index (χ4v) is 7.25. The minimum Gasteiger partial charge on any atom is -0.376 e. The van der Waals surface area contributed by atoms with Gasteiger partial charge < -0.3 is 10.1 Å². The van der Waals surface area contributed by atoms with Crippen molar-refractivity contribution in [2.45, 2.75) is 89.6 Å². The normalized spacial score (nSPS) is 44.2. The predicted octanol–water partition coefficient (Wildman–Crippen LogP) is 4.94. The van der Waals surface area contributed by atoms with Crippen molar-refractivity contribution in [2.24, 2.45) is 35.5 Å². The van der Waals surface area contributed by atoms with Crippen molar-refractivity contribution in [3.05, 3.63) is 0 Å². The molecule has 5 rings (SSSR count). The number of carbonyl (C=O) groups excluding carboxylic acids is 1. The van der Waals surface area contributed by atoms with Crippen LogP contribution in [0.4, 0.5) is 0 Å². The second-order valence-electron chi connectivity index (χ2n) is 10.0. The number of hydrogen-bond acceptors (Lipinski definition) is 2. The number of carbonyl (C=O) groups is 1. The summed E-state index contributed by atoms with van der Waals surface area (Å²) >= 11 is 0. The van der Waals surface area contributed by atoms with Crippen molar-refractivity contribution in [3.63, 3.8) is 0 Å². The Morgan fingerprint density at radius 3 is 2.15 bits per heavy atom. The van der Waals surface area contributed by atoms with Crippen LogP contribution in [0.3, 0.4) is 0 Å². The Labute approximate surface area is 160 Å². The number of unbranched alkanes of at least 4 members (excludes halogenated alkanes) is 1. The molecule has 26 heavy (non-hydrogen) atoms. The molecule has 4 bridgehead atoms. The van der Waals surface area contributed by atoms with E-state index in [4.69, 9.17) is 4.74 Å². The maximum atomic E-state index is 12.8. The summed E-state index contributed by atoms with van der Waals surface area (Å²) in [5.74, 6) is 4.66. The molecule has 0 aromatic rings. The second kappa shape index (κ2) is 7.81. The summed E-state index contributed by atoms with van der Waals surface area (Å²) in [4.78, 5) is 12.8. The Kier molecular flexibility index (Phi) is 5.64. The predicted molar refractivity (Wildman–Crippen MR) is 105 cm³/mol. The highest BCUT2D eigenvalue weighted by Crippen LogP contribution is 2.59. The third-order valence-electron chi connectivity index (χ3n) is 8.62. The lowest BCUT2D eigenvalue weighted by Gasteiger charge is -2.60. The highest BCUT2D eigenvalue weighted by molar-refractivity contribution is 5.78. The van der Waals surface area contributed by atoms with Gasteiger partial charge in [0.2, 0.25) is 5.91 Å². The quantitative estimate of drug-likeness (QED) is 0.697. The molecule has 0 unspecified atom stereocenters. The molecule has 5 saturated carbocycles.